The number of benzene rings is 1. The van der Waals surface area contributed by atoms with Crippen molar-refractivity contribution >= 4 is 11.7 Å². The molecule has 0 unspecified atom stereocenters. The van der Waals surface area contributed by atoms with Crippen molar-refractivity contribution in [2.45, 2.75) is 0 Å². The summed E-state index contributed by atoms with van der Waals surface area (Å²) in [5.41, 5.74) is 11.9. The summed E-state index contributed by atoms with van der Waals surface area (Å²) in [6.07, 6.45) is 1.48. The largest absolute Gasteiger partial charge is 0.368 e. The Kier molecular flexibility index (Phi) is 2.44. The molecule has 0 aromatic heterocycles. The standard InChI is InChI=1S/C10H8FN5/c11-8-3-6(1-2-7(8)4-12)9-5-14-10(13)16-15-9/h1-3,5,15H,(H3,13,14,16). The molecule has 1 heterocycles. The number of nitriles is 1. The Morgan fingerprint density at radius 1 is 1.38 bits per heavy atom. The van der Waals surface area contributed by atoms with Gasteiger partial charge in [0.25, 0.3) is 0 Å². The highest BCUT2D eigenvalue weighted by atomic mass is 19.1. The maximum atomic E-state index is 13.3. The smallest absolute Gasteiger partial charge is 0.212 e. The van der Waals surface area contributed by atoms with E-state index in [0.29, 0.717) is 11.3 Å². The van der Waals surface area contributed by atoms with E-state index in [-0.39, 0.29) is 11.5 Å². The van der Waals surface area contributed by atoms with Crippen LogP contribution in [0.1, 0.15) is 11.1 Å². The molecule has 0 saturated carbocycles. The van der Waals surface area contributed by atoms with Gasteiger partial charge in [0, 0.05) is 5.56 Å². The number of halogens is 1. The van der Waals surface area contributed by atoms with Gasteiger partial charge in [-0.1, -0.05) is 6.07 Å². The minimum absolute atomic E-state index is 0.0103. The van der Waals surface area contributed by atoms with Gasteiger partial charge in [0.1, 0.15) is 11.9 Å². The quantitative estimate of drug-likeness (QED) is 0.636. The molecule has 0 fully saturated rings. The summed E-state index contributed by atoms with van der Waals surface area (Å²) < 4.78 is 13.3. The fourth-order valence-electron chi connectivity index (χ4n) is 1.25. The van der Waals surface area contributed by atoms with Gasteiger partial charge in [0.2, 0.25) is 5.96 Å². The van der Waals surface area contributed by atoms with E-state index in [4.69, 9.17) is 11.0 Å². The molecule has 0 aliphatic carbocycles. The second-order valence-corrected chi connectivity index (χ2v) is 3.11. The number of aliphatic imine (C=N–C) groups is 1. The molecule has 2 rings (SSSR count). The highest BCUT2D eigenvalue weighted by Gasteiger charge is 2.08. The molecule has 0 atom stereocenters. The normalized spacial score (nSPS) is 14.0. The Labute approximate surface area is 91.1 Å². The zero-order valence-electron chi connectivity index (χ0n) is 8.16. The highest BCUT2D eigenvalue weighted by molar-refractivity contribution is 5.82. The van der Waals surface area contributed by atoms with Crippen LogP contribution in [0.5, 0.6) is 0 Å². The van der Waals surface area contributed by atoms with Crippen LogP contribution in [0.4, 0.5) is 4.39 Å². The van der Waals surface area contributed by atoms with Crippen LogP contribution < -0.4 is 16.6 Å². The zero-order valence-corrected chi connectivity index (χ0v) is 8.16. The van der Waals surface area contributed by atoms with Crippen LogP contribution in [0.25, 0.3) is 5.70 Å². The van der Waals surface area contributed by atoms with E-state index in [9.17, 15) is 4.39 Å². The van der Waals surface area contributed by atoms with Crippen molar-refractivity contribution in [3.8, 4) is 6.07 Å². The Morgan fingerprint density at radius 3 is 2.75 bits per heavy atom. The molecular formula is C10H8FN5. The van der Waals surface area contributed by atoms with Crippen LogP contribution in [0.3, 0.4) is 0 Å². The number of rotatable bonds is 1. The first-order valence-corrected chi connectivity index (χ1v) is 4.46. The van der Waals surface area contributed by atoms with Crippen molar-refractivity contribution in [2.24, 2.45) is 10.7 Å². The van der Waals surface area contributed by atoms with Crippen LogP contribution in [0.2, 0.25) is 0 Å². The van der Waals surface area contributed by atoms with E-state index >= 15 is 0 Å². The molecular weight excluding hydrogens is 209 g/mol. The van der Waals surface area contributed by atoms with Gasteiger partial charge in [0.15, 0.2) is 0 Å². The SMILES string of the molecule is N#Cc1ccc(C2=CN=C(N)NN2)cc1F. The average molecular weight is 217 g/mol. The lowest BCUT2D eigenvalue weighted by Gasteiger charge is -2.15. The summed E-state index contributed by atoms with van der Waals surface area (Å²) in [6.45, 7) is 0. The lowest BCUT2D eigenvalue weighted by molar-refractivity contribution is 0.623. The number of nitrogens with zero attached hydrogens (tertiary/aromatic N) is 2. The van der Waals surface area contributed by atoms with Gasteiger partial charge in [-0.15, -0.1) is 0 Å². The summed E-state index contributed by atoms with van der Waals surface area (Å²) in [6, 6.07) is 6.05. The van der Waals surface area contributed by atoms with Gasteiger partial charge < -0.3 is 5.73 Å². The molecule has 80 valence electrons. The molecule has 1 aromatic carbocycles. The molecule has 0 radical (unpaired) electrons. The molecule has 6 heteroatoms. The minimum Gasteiger partial charge on any atom is -0.368 e. The first kappa shape index (κ1) is 9.98. The molecule has 0 amide bonds. The third-order valence-electron chi connectivity index (χ3n) is 2.06. The summed E-state index contributed by atoms with van der Waals surface area (Å²) in [4.78, 5) is 3.83. The van der Waals surface area contributed by atoms with E-state index in [1.165, 1.54) is 18.3 Å². The Balaban J connectivity index is 2.36. The molecule has 5 nitrogen and oxygen atoms in total. The predicted molar refractivity (Wildman–Crippen MR) is 57.0 cm³/mol. The first-order valence-electron chi connectivity index (χ1n) is 4.46. The summed E-state index contributed by atoms with van der Waals surface area (Å²) in [5, 5.41) is 8.58. The number of nitrogens with two attached hydrogens (primary N) is 1. The molecule has 1 aliphatic rings. The number of hydrogen-bond acceptors (Lipinski definition) is 5. The van der Waals surface area contributed by atoms with Crippen molar-refractivity contribution in [3.63, 3.8) is 0 Å². The molecule has 0 bridgehead atoms. The van der Waals surface area contributed by atoms with Gasteiger partial charge >= 0.3 is 0 Å². The monoisotopic (exact) mass is 217 g/mol. The summed E-state index contributed by atoms with van der Waals surface area (Å²) in [5.74, 6) is -0.330. The lowest BCUT2D eigenvalue weighted by Crippen LogP contribution is -2.43. The third kappa shape index (κ3) is 1.79. The van der Waals surface area contributed by atoms with Crippen LogP contribution in [-0.4, -0.2) is 5.96 Å². The Hall–Kier alpha value is -2.55. The molecule has 0 spiro atoms. The van der Waals surface area contributed by atoms with Gasteiger partial charge in [-0.2, -0.15) is 5.26 Å². The third-order valence-corrected chi connectivity index (χ3v) is 2.06. The van der Waals surface area contributed by atoms with Crippen molar-refractivity contribution in [1.82, 2.24) is 10.9 Å². The summed E-state index contributed by atoms with van der Waals surface area (Å²) >= 11 is 0. The first-order chi connectivity index (χ1) is 7.70. The Morgan fingerprint density at radius 2 is 2.19 bits per heavy atom. The van der Waals surface area contributed by atoms with E-state index in [1.807, 2.05) is 0 Å². The minimum atomic E-state index is -0.565. The van der Waals surface area contributed by atoms with Crippen LogP contribution in [0, 0.1) is 17.1 Å². The van der Waals surface area contributed by atoms with Gasteiger partial charge in [-0.25, -0.2) is 9.38 Å². The van der Waals surface area contributed by atoms with Crippen molar-refractivity contribution in [1.29, 1.82) is 5.26 Å². The number of nitrogens with one attached hydrogen (secondary N) is 2. The van der Waals surface area contributed by atoms with Gasteiger partial charge in [-0.05, 0) is 12.1 Å². The van der Waals surface area contributed by atoms with Crippen molar-refractivity contribution in [3.05, 3.63) is 41.3 Å². The van der Waals surface area contributed by atoms with E-state index in [1.54, 1.807) is 12.1 Å². The topological polar surface area (TPSA) is 86.2 Å². The molecule has 1 aromatic rings. The predicted octanol–water partition coefficient (Wildman–Crippen LogP) is 0.418. The second kappa shape index (κ2) is 3.90. The zero-order chi connectivity index (χ0) is 11.5. The maximum absolute atomic E-state index is 13.3. The number of hydrogen-bond donors (Lipinski definition) is 3. The maximum Gasteiger partial charge on any atom is 0.212 e. The summed E-state index contributed by atoms with van der Waals surface area (Å²) in [7, 11) is 0. The highest BCUT2D eigenvalue weighted by Crippen LogP contribution is 2.16. The lowest BCUT2D eigenvalue weighted by atomic mass is 10.1. The van der Waals surface area contributed by atoms with Crippen molar-refractivity contribution in [2.75, 3.05) is 0 Å². The van der Waals surface area contributed by atoms with E-state index < -0.39 is 5.82 Å². The van der Waals surface area contributed by atoms with E-state index in [2.05, 4.69) is 15.8 Å². The molecule has 4 N–H and O–H groups in total. The van der Waals surface area contributed by atoms with Gasteiger partial charge in [-0.3, -0.25) is 10.9 Å². The molecule has 1 aliphatic heterocycles. The molecule has 16 heavy (non-hydrogen) atoms. The second-order valence-electron chi connectivity index (χ2n) is 3.11. The fraction of sp³-hybridized carbons (Fsp3) is 0. The van der Waals surface area contributed by atoms with Crippen LogP contribution in [-0.2, 0) is 0 Å². The van der Waals surface area contributed by atoms with Crippen LogP contribution >= 0.6 is 0 Å². The number of hydrazine groups is 1. The Bertz CT molecular complexity index is 527. The van der Waals surface area contributed by atoms with Crippen LogP contribution in [0.15, 0.2) is 29.4 Å². The van der Waals surface area contributed by atoms with E-state index in [0.717, 1.165) is 0 Å². The average Bonchev–Trinajstić information content (AvgIpc) is 2.30. The fourth-order valence-corrected chi connectivity index (χ4v) is 1.25. The number of guanidine groups is 1. The molecule has 0 saturated heterocycles. The van der Waals surface area contributed by atoms with Crippen molar-refractivity contribution < 1.29 is 4.39 Å². The van der Waals surface area contributed by atoms with Gasteiger partial charge in [0.05, 0.1) is 17.5 Å².